The van der Waals surface area contributed by atoms with Crippen molar-refractivity contribution in [1.29, 1.82) is 0 Å². The molecule has 2 N–H and O–H groups in total. The van der Waals surface area contributed by atoms with Crippen molar-refractivity contribution in [1.82, 2.24) is 4.57 Å². The molecule has 0 fully saturated rings. The molecular weight excluding hydrogens is 240 g/mol. The van der Waals surface area contributed by atoms with Crippen LogP contribution in [0.4, 0.5) is 0 Å². The maximum atomic E-state index is 5.57. The van der Waals surface area contributed by atoms with Crippen LogP contribution in [0.25, 0.3) is 10.9 Å². The van der Waals surface area contributed by atoms with Crippen molar-refractivity contribution in [3.63, 3.8) is 0 Å². The SMILES string of the molecule is Cc1cn(CCN)c2cc(Br)ccc12. The Morgan fingerprint density at radius 3 is 2.93 bits per heavy atom. The van der Waals surface area contributed by atoms with Gasteiger partial charge in [0.05, 0.1) is 0 Å². The fraction of sp³-hybridized carbons (Fsp3) is 0.273. The second-order valence-electron chi connectivity index (χ2n) is 3.46. The molecule has 0 aliphatic heterocycles. The van der Waals surface area contributed by atoms with Crippen molar-refractivity contribution in [3.8, 4) is 0 Å². The lowest BCUT2D eigenvalue weighted by Crippen LogP contribution is -2.08. The summed E-state index contributed by atoms with van der Waals surface area (Å²) in [4.78, 5) is 0. The third-order valence-corrected chi connectivity index (χ3v) is 2.91. The van der Waals surface area contributed by atoms with Crippen molar-refractivity contribution in [2.24, 2.45) is 5.73 Å². The Balaban J connectivity index is 2.66. The maximum Gasteiger partial charge on any atom is 0.0494 e. The van der Waals surface area contributed by atoms with E-state index >= 15 is 0 Å². The average Bonchev–Trinajstić information content (AvgIpc) is 2.44. The van der Waals surface area contributed by atoms with Crippen LogP contribution in [0.5, 0.6) is 0 Å². The average molecular weight is 253 g/mol. The molecule has 2 nitrogen and oxygen atoms in total. The van der Waals surface area contributed by atoms with Crippen LogP contribution in [0.2, 0.25) is 0 Å². The Bertz CT molecular complexity index is 460. The van der Waals surface area contributed by atoms with Crippen molar-refractivity contribution >= 4 is 26.8 Å². The largest absolute Gasteiger partial charge is 0.346 e. The molecule has 2 rings (SSSR count). The smallest absolute Gasteiger partial charge is 0.0494 e. The van der Waals surface area contributed by atoms with Gasteiger partial charge in [0.25, 0.3) is 0 Å². The first kappa shape index (κ1) is 9.74. The van der Waals surface area contributed by atoms with E-state index in [1.165, 1.54) is 16.5 Å². The number of nitrogens with two attached hydrogens (primary N) is 1. The standard InChI is InChI=1S/C11H13BrN2/c1-8-7-14(5-4-13)11-6-9(12)2-3-10(8)11/h2-3,6-7H,4-5,13H2,1H3. The van der Waals surface area contributed by atoms with E-state index < -0.39 is 0 Å². The van der Waals surface area contributed by atoms with E-state index in [4.69, 9.17) is 5.73 Å². The zero-order chi connectivity index (χ0) is 10.1. The van der Waals surface area contributed by atoms with Gasteiger partial charge in [-0.15, -0.1) is 0 Å². The number of nitrogens with zero attached hydrogens (tertiary/aromatic N) is 1. The summed E-state index contributed by atoms with van der Waals surface area (Å²) in [6.45, 7) is 3.68. The molecule has 3 heteroatoms. The predicted molar refractivity (Wildman–Crippen MR) is 63.4 cm³/mol. The van der Waals surface area contributed by atoms with Crippen LogP contribution >= 0.6 is 15.9 Å². The van der Waals surface area contributed by atoms with Gasteiger partial charge < -0.3 is 10.3 Å². The summed E-state index contributed by atoms with van der Waals surface area (Å²) >= 11 is 3.48. The molecule has 1 heterocycles. The molecule has 0 atom stereocenters. The Labute approximate surface area is 91.8 Å². The van der Waals surface area contributed by atoms with Crippen molar-refractivity contribution in [2.45, 2.75) is 13.5 Å². The van der Waals surface area contributed by atoms with Crippen LogP contribution in [-0.2, 0) is 6.54 Å². The highest BCUT2D eigenvalue weighted by Gasteiger charge is 2.04. The molecule has 0 bridgehead atoms. The van der Waals surface area contributed by atoms with Gasteiger partial charge in [-0.1, -0.05) is 22.0 Å². The third-order valence-electron chi connectivity index (χ3n) is 2.41. The number of rotatable bonds is 2. The lowest BCUT2D eigenvalue weighted by atomic mass is 10.2. The first-order chi connectivity index (χ1) is 6.72. The van der Waals surface area contributed by atoms with Gasteiger partial charge >= 0.3 is 0 Å². The highest BCUT2D eigenvalue weighted by molar-refractivity contribution is 9.10. The number of hydrogen-bond donors (Lipinski definition) is 1. The predicted octanol–water partition coefficient (Wildman–Crippen LogP) is 2.67. The van der Waals surface area contributed by atoms with Crippen LogP contribution in [0.3, 0.4) is 0 Å². The number of aromatic nitrogens is 1. The zero-order valence-corrected chi connectivity index (χ0v) is 9.71. The van der Waals surface area contributed by atoms with E-state index in [0.717, 1.165) is 11.0 Å². The van der Waals surface area contributed by atoms with E-state index in [2.05, 4.69) is 51.8 Å². The fourth-order valence-corrected chi connectivity index (χ4v) is 2.12. The minimum Gasteiger partial charge on any atom is -0.346 e. The van der Waals surface area contributed by atoms with Gasteiger partial charge in [0, 0.05) is 34.7 Å². The highest BCUT2D eigenvalue weighted by Crippen LogP contribution is 2.24. The first-order valence-electron chi connectivity index (χ1n) is 4.67. The molecule has 0 amide bonds. The monoisotopic (exact) mass is 252 g/mol. The number of halogens is 1. The topological polar surface area (TPSA) is 30.9 Å². The van der Waals surface area contributed by atoms with Crippen LogP contribution in [-0.4, -0.2) is 11.1 Å². The minimum atomic E-state index is 0.676. The molecular formula is C11H13BrN2. The summed E-state index contributed by atoms with van der Waals surface area (Å²) in [6, 6.07) is 6.35. The molecule has 1 aromatic carbocycles. The lowest BCUT2D eigenvalue weighted by molar-refractivity contribution is 0.734. The van der Waals surface area contributed by atoms with E-state index in [1.54, 1.807) is 0 Å². The third kappa shape index (κ3) is 1.57. The quantitative estimate of drug-likeness (QED) is 0.876. The molecule has 14 heavy (non-hydrogen) atoms. The summed E-state index contributed by atoms with van der Waals surface area (Å²) in [5, 5.41) is 1.31. The Morgan fingerprint density at radius 1 is 1.43 bits per heavy atom. The Morgan fingerprint density at radius 2 is 2.21 bits per heavy atom. The van der Waals surface area contributed by atoms with E-state index in [1.807, 2.05) is 0 Å². The molecule has 2 aromatic rings. The number of aryl methyl sites for hydroxylation is 1. The van der Waals surface area contributed by atoms with Crippen molar-refractivity contribution < 1.29 is 0 Å². The molecule has 0 aliphatic rings. The molecule has 0 spiro atoms. The number of hydrogen-bond acceptors (Lipinski definition) is 1. The minimum absolute atomic E-state index is 0.676. The van der Waals surface area contributed by atoms with Crippen LogP contribution in [0.15, 0.2) is 28.9 Å². The van der Waals surface area contributed by atoms with Gasteiger partial charge in [-0.25, -0.2) is 0 Å². The molecule has 1 aromatic heterocycles. The highest BCUT2D eigenvalue weighted by atomic mass is 79.9. The van der Waals surface area contributed by atoms with Crippen molar-refractivity contribution in [3.05, 3.63) is 34.4 Å². The second kappa shape index (κ2) is 3.75. The van der Waals surface area contributed by atoms with Crippen molar-refractivity contribution in [2.75, 3.05) is 6.54 Å². The molecule has 0 unspecified atom stereocenters. The molecule has 0 aliphatic carbocycles. The summed E-state index contributed by atoms with van der Waals surface area (Å²) in [6.07, 6.45) is 2.16. The summed E-state index contributed by atoms with van der Waals surface area (Å²) < 4.78 is 3.32. The summed E-state index contributed by atoms with van der Waals surface area (Å²) in [5.74, 6) is 0. The van der Waals surface area contributed by atoms with E-state index in [9.17, 15) is 0 Å². The molecule has 0 saturated carbocycles. The van der Waals surface area contributed by atoms with Crippen LogP contribution < -0.4 is 5.73 Å². The second-order valence-corrected chi connectivity index (χ2v) is 4.37. The lowest BCUT2D eigenvalue weighted by Gasteiger charge is -2.02. The summed E-state index contributed by atoms with van der Waals surface area (Å²) in [7, 11) is 0. The Kier molecular flexibility index (Phi) is 2.61. The summed E-state index contributed by atoms with van der Waals surface area (Å²) in [5.41, 5.74) is 8.12. The molecule has 74 valence electrons. The van der Waals surface area contributed by atoms with E-state index in [0.29, 0.717) is 6.54 Å². The first-order valence-corrected chi connectivity index (χ1v) is 5.46. The van der Waals surface area contributed by atoms with Gasteiger partial charge in [0.2, 0.25) is 0 Å². The fourth-order valence-electron chi connectivity index (χ4n) is 1.77. The maximum absolute atomic E-state index is 5.57. The van der Waals surface area contributed by atoms with Gasteiger partial charge in [-0.05, 0) is 24.6 Å². The Hall–Kier alpha value is -0.800. The van der Waals surface area contributed by atoms with Gasteiger partial charge in [-0.2, -0.15) is 0 Å². The zero-order valence-electron chi connectivity index (χ0n) is 8.13. The number of benzene rings is 1. The normalized spacial score (nSPS) is 11.1. The van der Waals surface area contributed by atoms with Gasteiger partial charge in [0.15, 0.2) is 0 Å². The van der Waals surface area contributed by atoms with Crippen LogP contribution in [0.1, 0.15) is 5.56 Å². The molecule has 0 saturated heterocycles. The number of fused-ring (bicyclic) bond motifs is 1. The van der Waals surface area contributed by atoms with Crippen LogP contribution in [0, 0.1) is 6.92 Å². The van der Waals surface area contributed by atoms with Gasteiger partial charge in [-0.3, -0.25) is 0 Å². The van der Waals surface area contributed by atoms with Gasteiger partial charge in [0.1, 0.15) is 0 Å². The molecule has 0 radical (unpaired) electrons. The van der Waals surface area contributed by atoms with E-state index in [-0.39, 0.29) is 0 Å².